The molecule has 1 saturated carbocycles. The van der Waals surface area contributed by atoms with Gasteiger partial charge in [0, 0.05) is 5.92 Å². The molecular weight excluding hydrogens is 168 g/mol. The second-order valence-corrected chi connectivity index (χ2v) is 4.43. The third kappa shape index (κ3) is 1.26. The molecule has 0 aromatic carbocycles. The van der Waals surface area contributed by atoms with E-state index in [2.05, 4.69) is 6.92 Å². The molecule has 1 aliphatic heterocycles. The summed E-state index contributed by atoms with van der Waals surface area (Å²) in [6, 6.07) is 0. The van der Waals surface area contributed by atoms with E-state index in [4.69, 9.17) is 4.74 Å². The number of ether oxygens (including phenoxy) is 1. The number of aliphatic hydroxyl groups is 1. The topological polar surface area (TPSA) is 46.5 Å². The van der Waals surface area contributed by atoms with Gasteiger partial charge in [-0.3, -0.25) is 4.79 Å². The lowest BCUT2D eigenvalue weighted by Crippen LogP contribution is -2.43. The van der Waals surface area contributed by atoms with E-state index in [0.29, 0.717) is 11.8 Å². The van der Waals surface area contributed by atoms with Gasteiger partial charge in [-0.2, -0.15) is 0 Å². The van der Waals surface area contributed by atoms with Crippen LogP contribution in [0.3, 0.4) is 0 Å². The lowest BCUT2D eigenvalue weighted by atomic mass is 9.80. The molecule has 13 heavy (non-hydrogen) atoms. The third-order valence-corrected chi connectivity index (χ3v) is 3.66. The van der Waals surface area contributed by atoms with Crippen molar-refractivity contribution in [1.82, 2.24) is 0 Å². The van der Waals surface area contributed by atoms with E-state index in [9.17, 15) is 9.90 Å². The van der Waals surface area contributed by atoms with Gasteiger partial charge in [0.05, 0.1) is 5.92 Å². The molecule has 1 saturated heterocycles. The van der Waals surface area contributed by atoms with Crippen LogP contribution >= 0.6 is 0 Å². The number of cyclic esters (lactones) is 1. The molecule has 3 heteroatoms. The predicted molar refractivity (Wildman–Crippen MR) is 46.6 cm³/mol. The molecule has 0 unspecified atom stereocenters. The van der Waals surface area contributed by atoms with Crippen LogP contribution in [0.4, 0.5) is 0 Å². The zero-order valence-corrected chi connectivity index (χ0v) is 8.06. The molecule has 1 heterocycles. The SMILES string of the molecule is C[C@H]1[C@H]2CC[C@H](C)[C@H]2C(=O)O[C@@H]1O. The first-order valence-corrected chi connectivity index (χ1v) is 5.00. The maximum atomic E-state index is 11.5. The Kier molecular flexibility index (Phi) is 2.06. The number of hydrogen-bond acceptors (Lipinski definition) is 3. The Bertz CT molecular complexity index is 226. The van der Waals surface area contributed by atoms with Crippen molar-refractivity contribution in [1.29, 1.82) is 0 Å². The van der Waals surface area contributed by atoms with Crippen LogP contribution in [0, 0.1) is 23.7 Å². The number of rotatable bonds is 0. The molecule has 2 fully saturated rings. The fourth-order valence-corrected chi connectivity index (χ4v) is 2.75. The summed E-state index contributed by atoms with van der Waals surface area (Å²) in [6.07, 6.45) is 1.26. The molecule has 74 valence electrons. The van der Waals surface area contributed by atoms with Crippen LogP contribution in [0.2, 0.25) is 0 Å². The van der Waals surface area contributed by atoms with Crippen molar-refractivity contribution < 1.29 is 14.6 Å². The van der Waals surface area contributed by atoms with E-state index in [1.165, 1.54) is 0 Å². The zero-order chi connectivity index (χ0) is 9.59. The van der Waals surface area contributed by atoms with Gasteiger partial charge >= 0.3 is 5.97 Å². The van der Waals surface area contributed by atoms with Crippen LogP contribution in [0.15, 0.2) is 0 Å². The fourth-order valence-electron chi connectivity index (χ4n) is 2.75. The quantitative estimate of drug-likeness (QED) is 0.575. The van der Waals surface area contributed by atoms with E-state index < -0.39 is 6.29 Å². The molecule has 0 radical (unpaired) electrons. The fraction of sp³-hybridized carbons (Fsp3) is 0.900. The number of fused-ring (bicyclic) bond motifs is 1. The Morgan fingerprint density at radius 3 is 2.77 bits per heavy atom. The highest BCUT2D eigenvalue weighted by molar-refractivity contribution is 5.74. The van der Waals surface area contributed by atoms with Gasteiger partial charge in [0.25, 0.3) is 0 Å². The summed E-state index contributed by atoms with van der Waals surface area (Å²) >= 11 is 0. The predicted octanol–water partition coefficient (Wildman–Crippen LogP) is 1.16. The van der Waals surface area contributed by atoms with Crippen molar-refractivity contribution in [2.24, 2.45) is 23.7 Å². The van der Waals surface area contributed by atoms with E-state index in [1.54, 1.807) is 0 Å². The summed E-state index contributed by atoms with van der Waals surface area (Å²) in [5, 5.41) is 9.44. The average molecular weight is 184 g/mol. The second-order valence-electron chi connectivity index (χ2n) is 4.43. The number of carbonyl (C=O) groups excluding carboxylic acids is 1. The largest absolute Gasteiger partial charge is 0.435 e. The highest BCUT2D eigenvalue weighted by Crippen LogP contribution is 2.45. The lowest BCUT2D eigenvalue weighted by molar-refractivity contribution is -0.204. The summed E-state index contributed by atoms with van der Waals surface area (Å²) in [5.41, 5.74) is 0. The Morgan fingerprint density at radius 1 is 1.38 bits per heavy atom. The molecular formula is C10H16O3. The highest BCUT2D eigenvalue weighted by atomic mass is 16.6. The average Bonchev–Trinajstić information content (AvgIpc) is 2.44. The first kappa shape index (κ1) is 9.00. The van der Waals surface area contributed by atoms with Gasteiger partial charge in [0.1, 0.15) is 0 Å². The summed E-state index contributed by atoms with van der Waals surface area (Å²) < 4.78 is 4.90. The number of esters is 1. The van der Waals surface area contributed by atoms with Crippen molar-refractivity contribution >= 4 is 5.97 Å². The van der Waals surface area contributed by atoms with Crippen LogP contribution in [0.5, 0.6) is 0 Å². The molecule has 2 rings (SSSR count). The van der Waals surface area contributed by atoms with Crippen molar-refractivity contribution in [3.63, 3.8) is 0 Å². The number of aliphatic hydroxyl groups excluding tert-OH is 1. The van der Waals surface area contributed by atoms with Crippen molar-refractivity contribution in [3.05, 3.63) is 0 Å². The summed E-state index contributed by atoms with van der Waals surface area (Å²) in [5.74, 6) is 0.713. The van der Waals surface area contributed by atoms with Crippen molar-refractivity contribution in [2.75, 3.05) is 0 Å². The van der Waals surface area contributed by atoms with Crippen molar-refractivity contribution in [2.45, 2.75) is 33.0 Å². The van der Waals surface area contributed by atoms with Crippen LogP contribution in [-0.2, 0) is 9.53 Å². The highest BCUT2D eigenvalue weighted by Gasteiger charge is 2.48. The standard InChI is InChI=1S/C10H16O3/c1-5-3-4-7-6(2)9(11)13-10(12)8(5)7/h5-9,11H,3-4H2,1-2H3/t5-,6-,7+,8+,9-/m0/s1. The van der Waals surface area contributed by atoms with E-state index >= 15 is 0 Å². The van der Waals surface area contributed by atoms with Crippen LogP contribution in [0.1, 0.15) is 26.7 Å². The minimum absolute atomic E-state index is 0.0402. The Morgan fingerprint density at radius 2 is 2.08 bits per heavy atom. The molecule has 0 amide bonds. The number of hydrogen-bond donors (Lipinski definition) is 1. The molecule has 0 bridgehead atoms. The van der Waals surface area contributed by atoms with E-state index in [1.807, 2.05) is 6.92 Å². The van der Waals surface area contributed by atoms with E-state index in [-0.39, 0.29) is 17.8 Å². The minimum Gasteiger partial charge on any atom is -0.435 e. The normalized spacial score (nSPS) is 50.1. The first-order chi connectivity index (χ1) is 6.11. The van der Waals surface area contributed by atoms with E-state index in [0.717, 1.165) is 12.8 Å². The summed E-state index contributed by atoms with van der Waals surface area (Å²) in [6.45, 7) is 4.06. The van der Waals surface area contributed by atoms with Crippen molar-refractivity contribution in [3.8, 4) is 0 Å². The molecule has 3 nitrogen and oxygen atoms in total. The van der Waals surface area contributed by atoms with Gasteiger partial charge in [0.15, 0.2) is 0 Å². The van der Waals surface area contributed by atoms with Crippen LogP contribution in [0.25, 0.3) is 0 Å². The minimum atomic E-state index is -0.876. The van der Waals surface area contributed by atoms with Gasteiger partial charge < -0.3 is 9.84 Å². The zero-order valence-electron chi connectivity index (χ0n) is 8.06. The second kappa shape index (κ2) is 2.98. The van der Waals surface area contributed by atoms with Gasteiger partial charge in [-0.15, -0.1) is 0 Å². The molecule has 5 atom stereocenters. The smallest absolute Gasteiger partial charge is 0.311 e. The Hall–Kier alpha value is -0.570. The van der Waals surface area contributed by atoms with Crippen LogP contribution < -0.4 is 0 Å². The molecule has 0 spiro atoms. The lowest BCUT2D eigenvalue weighted by Gasteiger charge is -2.35. The van der Waals surface area contributed by atoms with Gasteiger partial charge in [-0.25, -0.2) is 0 Å². The number of carbonyl (C=O) groups is 1. The maximum absolute atomic E-state index is 11.5. The maximum Gasteiger partial charge on any atom is 0.311 e. The van der Waals surface area contributed by atoms with Gasteiger partial charge in [-0.1, -0.05) is 13.8 Å². The van der Waals surface area contributed by atoms with Gasteiger partial charge in [0.2, 0.25) is 6.29 Å². The van der Waals surface area contributed by atoms with Gasteiger partial charge in [-0.05, 0) is 24.7 Å². The monoisotopic (exact) mass is 184 g/mol. The molecule has 0 aromatic heterocycles. The Labute approximate surface area is 78.1 Å². The summed E-state index contributed by atoms with van der Waals surface area (Å²) in [4.78, 5) is 11.5. The molecule has 1 aliphatic carbocycles. The van der Waals surface area contributed by atoms with Crippen LogP contribution in [-0.4, -0.2) is 17.4 Å². The third-order valence-electron chi connectivity index (χ3n) is 3.66. The molecule has 0 aromatic rings. The summed E-state index contributed by atoms with van der Waals surface area (Å²) in [7, 11) is 0. The molecule has 2 aliphatic rings. The molecule has 1 N–H and O–H groups in total. The first-order valence-electron chi connectivity index (χ1n) is 5.00. The Balaban J connectivity index is 2.21.